The first-order chi connectivity index (χ1) is 20.3. The fourth-order valence-corrected chi connectivity index (χ4v) is 5.99. The predicted molar refractivity (Wildman–Crippen MR) is 164 cm³/mol. The number of anilines is 1. The van der Waals surface area contributed by atoms with E-state index in [-0.39, 0.29) is 34.4 Å². The maximum Gasteiger partial charge on any atom is 0.264 e. The highest BCUT2D eigenvalue weighted by Crippen LogP contribution is 2.33. The number of rotatable bonds is 13. The Morgan fingerprint density at radius 3 is 2.12 bits per heavy atom. The van der Waals surface area contributed by atoms with Crippen LogP contribution in [-0.2, 0) is 26.2 Å². The molecule has 0 aliphatic rings. The second-order valence-corrected chi connectivity index (χ2v) is 12.7. The number of sulfonamides is 1. The number of hydrogen-bond acceptors (Lipinski definition) is 6. The van der Waals surface area contributed by atoms with Gasteiger partial charge in [0.25, 0.3) is 10.0 Å². The van der Waals surface area contributed by atoms with E-state index < -0.39 is 40.2 Å². The summed E-state index contributed by atoms with van der Waals surface area (Å²) in [6.45, 7) is 8.57. The van der Waals surface area contributed by atoms with Gasteiger partial charge in [0.15, 0.2) is 11.5 Å². The Morgan fingerprint density at radius 1 is 0.907 bits per heavy atom. The van der Waals surface area contributed by atoms with E-state index in [1.54, 1.807) is 25.1 Å². The number of methoxy groups -OCH3 is 2. The molecule has 0 saturated carbocycles. The summed E-state index contributed by atoms with van der Waals surface area (Å²) in [6, 6.07) is 14.3. The van der Waals surface area contributed by atoms with E-state index in [4.69, 9.17) is 9.47 Å². The summed E-state index contributed by atoms with van der Waals surface area (Å²) in [5.41, 5.74) is 2.04. The lowest BCUT2D eigenvalue weighted by atomic mass is 10.1. The van der Waals surface area contributed by atoms with Gasteiger partial charge in [-0.3, -0.25) is 13.9 Å². The van der Waals surface area contributed by atoms with Crippen LogP contribution in [0.1, 0.15) is 37.5 Å². The first kappa shape index (κ1) is 33.4. The molecule has 0 fully saturated rings. The van der Waals surface area contributed by atoms with Crippen LogP contribution in [0.4, 0.5) is 10.1 Å². The molecular weight excluding hydrogens is 573 g/mol. The maximum absolute atomic E-state index is 14.7. The lowest BCUT2D eigenvalue weighted by Crippen LogP contribution is -2.51. The molecule has 43 heavy (non-hydrogen) atoms. The second-order valence-electron chi connectivity index (χ2n) is 10.8. The van der Waals surface area contributed by atoms with Crippen molar-refractivity contribution in [1.29, 1.82) is 0 Å². The number of aryl methyl sites for hydroxylation is 2. The third-order valence-corrected chi connectivity index (χ3v) is 8.64. The number of ether oxygens (including phenoxy) is 2. The molecule has 0 unspecified atom stereocenters. The molecule has 0 aliphatic carbocycles. The van der Waals surface area contributed by atoms with Gasteiger partial charge in [0.1, 0.15) is 18.4 Å². The Morgan fingerprint density at radius 2 is 1.53 bits per heavy atom. The lowest BCUT2D eigenvalue weighted by molar-refractivity contribution is -0.139. The number of halogens is 1. The number of benzene rings is 3. The Hall–Kier alpha value is -4.12. The largest absolute Gasteiger partial charge is 0.493 e. The third-order valence-electron chi connectivity index (χ3n) is 6.87. The van der Waals surface area contributed by atoms with Gasteiger partial charge in [-0.25, -0.2) is 12.8 Å². The van der Waals surface area contributed by atoms with Gasteiger partial charge in [-0.15, -0.1) is 0 Å². The zero-order valence-electron chi connectivity index (χ0n) is 25.7. The highest BCUT2D eigenvalue weighted by atomic mass is 32.2. The fourth-order valence-electron chi connectivity index (χ4n) is 4.57. The Labute approximate surface area is 253 Å². The van der Waals surface area contributed by atoms with Crippen LogP contribution in [0.2, 0.25) is 0 Å². The van der Waals surface area contributed by atoms with E-state index >= 15 is 0 Å². The topological polar surface area (TPSA) is 105 Å². The molecule has 1 atom stereocenters. The van der Waals surface area contributed by atoms with E-state index in [2.05, 4.69) is 5.32 Å². The SMILES string of the molecule is COc1ccc(S(=O)(=O)N(CC(=O)N(Cc2ccccc2F)[C@@H](C)C(=O)NCC(C)C)c2cc(C)cc(C)c2)cc1OC. The fraction of sp³-hybridized carbons (Fsp3) is 0.375. The minimum absolute atomic E-state index is 0.125. The van der Waals surface area contributed by atoms with Gasteiger partial charge in [-0.05, 0) is 68.1 Å². The quantitative estimate of drug-likeness (QED) is 0.296. The van der Waals surface area contributed by atoms with Crippen LogP contribution in [0.3, 0.4) is 0 Å². The molecule has 3 rings (SSSR count). The van der Waals surface area contributed by atoms with Crippen LogP contribution in [-0.4, -0.2) is 58.5 Å². The van der Waals surface area contributed by atoms with Gasteiger partial charge in [0.2, 0.25) is 11.8 Å². The maximum atomic E-state index is 14.7. The van der Waals surface area contributed by atoms with E-state index in [0.717, 1.165) is 15.4 Å². The summed E-state index contributed by atoms with van der Waals surface area (Å²) >= 11 is 0. The minimum Gasteiger partial charge on any atom is -0.493 e. The average Bonchev–Trinajstić information content (AvgIpc) is 2.96. The molecule has 0 heterocycles. The monoisotopic (exact) mass is 613 g/mol. The number of hydrogen-bond donors (Lipinski definition) is 1. The zero-order chi connectivity index (χ0) is 31.9. The second kappa shape index (κ2) is 14.4. The molecule has 2 amide bonds. The van der Waals surface area contributed by atoms with Crippen molar-refractivity contribution < 1.29 is 31.9 Å². The normalized spacial score (nSPS) is 12.0. The van der Waals surface area contributed by atoms with Crippen molar-refractivity contribution in [2.24, 2.45) is 5.92 Å². The summed E-state index contributed by atoms with van der Waals surface area (Å²) in [5.74, 6) is -0.949. The molecular formula is C32H40FN3O6S. The Kier molecular flexibility index (Phi) is 11.2. The highest BCUT2D eigenvalue weighted by Gasteiger charge is 2.33. The molecule has 0 radical (unpaired) electrons. The summed E-state index contributed by atoms with van der Waals surface area (Å²) < 4.78 is 54.7. The van der Waals surface area contributed by atoms with Crippen LogP contribution in [0.15, 0.2) is 65.6 Å². The molecule has 232 valence electrons. The van der Waals surface area contributed by atoms with Crippen molar-refractivity contribution in [3.63, 3.8) is 0 Å². The standard InChI is InChI=1S/C32H40FN3O6S/c1-21(2)18-34-32(38)24(5)35(19-25-10-8-9-11-28(25)33)31(37)20-36(26-15-22(3)14-23(4)16-26)43(39,40)27-12-13-29(41-6)30(17-27)42-7/h8-17,21,24H,18-20H2,1-7H3,(H,34,38)/t24-/m0/s1. The summed E-state index contributed by atoms with van der Waals surface area (Å²) in [7, 11) is -1.51. The molecule has 0 spiro atoms. The number of amides is 2. The molecule has 11 heteroatoms. The highest BCUT2D eigenvalue weighted by molar-refractivity contribution is 7.92. The molecule has 1 N–H and O–H groups in total. The van der Waals surface area contributed by atoms with Gasteiger partial charge in [0, 0.05) is 24.7 Å². The molecule has 0 aromatic heterocycles. The summed E-state index contributed by atoms with van der Waals surface area (Å²) in [5, 5.41) is 2.81. The van der Waals surface area contributed by atoms with Crippen LogP contribution in [0, 0.1) is 25.6 Å². The van der Waals surface area contributed by atoms with Crippen LogP contribution >= 0.6 is 0 Å². The van der Waals surface area contributed by atoms with Gasteiger partial charge >= 0.3 is 0 Å². The number of nitrogens with zero attached hydrogens (tertiary/aromatic N) is 2. The first-order valence-electron chi connectivity index (χ1n) is 13.9. The van der Waals surface area contributed by atoms with Crippen molar-refractivity contribution in [1.82, 2.24) is 10.2 Å². The van der Waals surface area contributed by atoms with E-state index in [1.165, 1.54) is 55.5 Å². The minimum atomic E-state index is -4.35. The molecule has 0 saturated heterocycles. The zero-order valence-corrected chi connectivity index (χ0v) is 26.5. The molecule has 0 aliphatic heterocycles. The van der Waals surface area contributed by atoms with Crippen molar-refractivity contribution in [2.45, 2.75) is 52.1 Å². The van der Waals surface area contributed by atoms with Crippen molar-refractivity contribution in [3.8, 4) is 11.5 Å². The summed E-state index contributed by atoms with van der Waals surface area (Å²) in [6.07, 6.45) is 0. The summed E-state index contributed by atoms with van der Waals surface area (Å²) in [4.78, 5) is 28.3. The predicted octanol–water partition coefficient (Wildman–Crippen LogP) is 4.84. The van der Waals surface area contributed by atoms with Crippen molar-refractivity contribution in [3.05, 3.63) is 83.2 Å². The molecule has 3 aromatic rings. The number of carbonyl (C=O) groups is 2. The third kappa shape index (κ3) is 8.25. The Bertz CT molecular complexity index is 1540. The smallest absolute Gasteiger partial charge is 0.264 e. The number of carbonyl (C=O) groups excluding carboxylic acids is 2. The Balaban J connectivity index is 2.10. The molecule has 9 nitrogen and oxygen atoms in total. The van der Waals surface area contributed by atoms with Crippen LogP contribution in [0.25, 0.3) is 0 Å². The van der Waals surface area contributed by atoms with E-state index in [9.17, 15) is 22.4 Å². The first-order valence-corrected chi connectivity index (χ1v) is 15.4. The van der Waals surface area contributed by atoms with Gasteiger partial charge in [-0.1, -0.05) is 38.1 Å². The van der Waals surface area contributed by atoms with E-state index in [1.807, 2.05) is 33.8 Å². The molecule has 3 aromatic carbocycles. The van der Waals surface area contributed by atoms with E-state index in [0.29, 0.717) is 12.3 Å². The average molecular weight is 614 g/mol. The van der Waals surface area contributed by atoms with Gasteiger partial charge in [-0.2, -0.15) is 0 Å². The van der Waals surface area contributed by atoms with Gasteiger partial charge in [0.05, 0.1) is 24.8 Å². The lowest BCUT2D eigenvalue weighted by Gasteiger charge is -2.32. The van der Waals surface area contributed by atoms with Crippen LogP contribution < -0.4 is 19.1 Å². The van der Waals surface area contributed by atoms with Crippen molar-refractivity contribution in [2.75, 3.05) is 31.6 Å². The van der Waals surface area contributed by atoms with Gasteiger partial charge < -0.3 is 19.7 Å². The van der Waals surface area contributed by atoms with Crippen molar-refractivity contribution >= 4 is 27.5 Å². The molecule has 0 bridgehead atoms. The van der Waals surface area contributed by atoms with Crippen LogP contribution in [0.5, 0.6) is 11.5 Å². The number of nitrogens with one attached hydrogen (secondary N) is 1.